The zero-order chi connectivity index (χ0) is 24.1. The molecule has 4 rings (SSSR count). The molecule has 3 aromatic rings. The van der Waals surface area contributed by atoms with Crippen molar-refractivity contribution in [3.05, 3.63) is 53.2 Å². The molecule has 1 aromatic carbocycles. The molecule has 0 atom stereocenters. The molecule has 2 amide bonds. The van der Waals surface area contributed by atoms with Crippen LogP contribution in [0.15, 0.2) is 46.3 Å². The highest BCUT2D eigenvalue weighted by molar-refractivity contribution is 7.13. The second-order valence-corrected chi connectivity index (χ2v) is 10.5. The van der Waals surface area contributed by atoms with Crippen LogP contribution in [0.1, 0.15) is 43.4 Å². The van der Waals surface area contributed by atoms with Gasteiger partial charge >= 0.3 is 0 Å². The quantitative estimate of drug-likeness (QED) is 0.545. The van der Waals surface area contributed by atoms with Crippen molar-refractivity contribution >= 4 is 28.8 Å². The van der Waals surface area contributed by atoms with Crippen LogP contribution in [-0.2, 0) is 11.2 Å². The van der Waals surface area contributed by atoms with Crippen LogP contribution in [0, 0.1) is 5.41 Å². The average molecular weight is 482 g/mol. The minimum Gasteiger partial charge on any atom is -0.339 e. The fourth-order valence-electron chi connectivity index (χ4n) is 3.72. The summed E-state index contributed by atoms with van der Waals surface area (Å²) in [4.78, 5) is 35.0. The minimum absolute atomic E-state index is 0.00141. The third kappa shape index (κ3) is 6.09. The van der Waals surface area contributed by atoms with Crippen molar-refractivity contribution < 1.29 is 14.1 Å². The van der Waals surface area contributed by atoms with Crippen LogP contribution in [0.2, 0.25) is 0 Å². The molecule has 0 saturated carbocycles. The standard InChI is InChI=1S/C25H31N5O3S/c1-25(2,3)24(32)26-19-8-4-7-18(17-19)23(31)30-14-12-29(13-15-30)11-5-10-21-27-22(28-33-21)20-9-6-16-34-20/h4,6-9,16-17H,5,10-15H2,1-3H3,(H,26,32). The molecule has 34 heavy (non-hydrogen) atoms. The molecule has 1 saturated heterocycles. The molecule has 0 bridgehead atoms. The van der Waals surface area contributed by atoms with Crippen LogP contribution < -0.4 is 5.32 Å². The molecule has 180 valence electrons. The number of anilines is 1. The molecule has 2 aromatic heterocycles. The second-order valence-electron chi connectivity index (χ2n) is 9.51. The van der Waals surface area contributed by atoms with Gasteiger partial charge in [0, 0.05) is 49.3 Å². The second kappa shape index (κ2) is 10.5. The highest BCUT2D eigenvalue weighted by atomic mass is 32.1. The number of hydrogen-bond acceptors (Lipinski definition) is 7. The smallest absolute Gasteiger partial charge is 0.254 e. The SMILES string of the molecule is CC(C)(C)C(=O)Nc1cccc(C(=O)N2CCN(CCCc3nc(-c4cccs4)no3)CC2)c1. The lowest BCUT2D eigenvalue weighted by Gasteiger charge is -2.34. The maximum atomic E-state index is 13.0. The molecular weight excluding hydrogens is 450 g/mol. The van der Waals surface area contributed by atoms with Gasteiger partial charge in [0.2, 0.25) is 17.6 Å². The summed E-state index contributed by atoms with van der Waals surface area (Å²) in [7, 11) is 0. The van der Waals surface area contributed by atoms with Crippen LogP contribution in [0.5, 0.6) is 0 Å². The molecule has 3 heterocycles. The lowest BCUT2D eigenvalue weighted by molar-refractivity contribution is -0.123. The Morgan fingerprint density at radius 1 is 1.12 bits per heavy atom. The molecule has 0 radical (unpaired) electrons. The lowest BCUT2D eigenvalue weighted by Crippen LogP contribution is -2.48. The van der Waals surface area contributed by atoms with Gasteiger partial charge in [-0.1, -0.05) is 38.1 Å². The third-order valence-corrected chi connectivity index (χ3v) is 6.65. The molecular formula is C25H31N5O3S. The highest BCUT2D eigenvalue weighted by Crippen LogP contribution is 2.22. The Bertz CT molecular complexity index is 1110. The maximum Gasteiger partial charge on any atom is 0.254 e. The topological polar surface area (TPSA) is 91.6 Å². The van der Waals surface area contributed by atoms with E-state index in [-0.39, 0.29) is 11.8 Å². The molecule has 0 unspecified atom stereocenters. The lowest BCUT2D eigenvalue weighted by atomic mass is 9.95. The number of carbonyl (C=O) groups is 2. The number of thiophene rings is 1. The average Bonchev–Trinajstić information content (AvgIpc) is 3.51. The molecule has 0 spiro atoms. The Hall–Kier alpha value is -3.04. The van der Waals surface area contributed by atoms with Crippen LogP contribution in [0.3, 0.4) is 0 Å². The van der Waals surface area contributed by atoms with E-state index in [1.807, 2.05) is 55.3 Å². The van der Waals surface area contributed by atoms with Crippen molar-refractivity contribution in [3.63, 3.8) is 0 Å². The van der Waals surface area contributed by atoms with E-state index in [0.29, 0.717) is 36.1 Å². The zero-order valence-electron chi connectivity index (χ0n) is 19.9. The molecule has 1 fully saturated rings. The number of rotatable bonds is 7. The largest absolute Gasteiger partial charge is 0.339 e. The van der Waals surface area contributed by atoms with Gasteiger partial charge in [0.1, 0.15) is 0 Å². The molecule has 9 heteroatoms. The Morgan fingerprint density at radius 2 is 1.91 bits per heavy atom. The number of nitrogens with one attached hydrogen (secondary N) is 1. The van der Waals surface area contributed by atoms with Crippen molar-refractivity contribution in [3.8, 4) is 10.7 Å². The summed E-state index contributed by atoms with van der Waals surface area (Å²) in [6.45, 7) is 9.53. The van der Waals surface area contributed by atoms with Crippen molar-refractivity contribution in [2.24, 2.45) is 5.41 Å². The molecule has 1 aliphatic heterocycles. The van der Waals surface area contributed by atoms with Crippen LogP contribution >= 0.6 is 11.3 Å². The van der Waals surface area contributed by atoms with Gasteiger partial charge in [-0.05, 0) is 42.6 Å². The number of aromatic nitrogens is 2. The van der Waals surface area contributed by atoms with Gasteiger partial charge in [-0.15, -0.1) is 11.3 Å². The van der Waals surface area contributed by atoms with Gasteiger partial charge in [-0.25, -0.2) is 0 Å². The fraction of sp³-hybridized carbons (Fsp3) is 0.440. The predicted molar refractivity (Wildman–Crippen MR) is 133 cm³/mol. The molecule has 0 aliphatic carbocycles. The summed E-state index contributed by atoms with van der Waals surface area (Å²) >= 11 is 1.60. The first-order valence-corrected chi connectivity index (χ1v) is 12.5. The highest BCUT2D eigenvalue weighted by Gasteiger charge is 2.24. The molecule has 8 nitrogen and oxygen atoms in total. The van der Waals surface area contributed by atoms with E-state index in [0.717, 1.165) is 37.4 Å². The van der Waals surface area contributed by atoms with Crippen LogP contribution in [0.4, 0.5) is 5.69 Å². The molecule has 1 N–H and O–H groups in total. The van der Waals surface area contributed by atoms with E-state index in [1.165, 1.54) is 0 Å². The van der Waals surface area contributed by atoms with E-state index >= 15 is 0 Å². The Labute approximate surface area is 204 Å². The summed E-state index contributed by atoms with van der Waals surface area (Å²) in [5.41, 5.74) is 0.748. The first-order valence-electron chi connectivity index (χ1n) is 11.6. The van der Waals surface area contributed by atoms with Gasteiger partial charge in [-0.3, -0.25) is 14.5 Å². The predicted octanol–water partition coefficient (Wildman–Crippen LogP) is 4.17. The number of hydrogen-bond donors (Lipinski definition) is 1. The van der Waals surface area contributed by atoms with Crippen molar-refractivity contribution in [1.82, 2.24) is 19.9 Å². The summed E-state index contributed by atoms with van der Waals surface area (Å²) in [5.74, 6) is 1.24. The number of aryl methyl sites for hydroxylation is 1. The summed E-state index contributed by atoms with van der Waals surface area (Å²) in [6.07, 6.45) is 1.67. The van der Waals surface area contributed by atoms with Gasteiger partial charge < -0.3 is 14.7 Å². The van der Waals surface area contributed by atoms with Gasteiger partial charge in [0.15, 0.2) is 0 Å². The normalized spacial score (nSPS) is 14.9. The summed E-state index contributed by atoms with van der Waals surface area (Å²) in [5, 5.41) is 8.96. The van der Waals surface area contributed by atoms with E-state index < -0.39 is 5.41 Å². The third-order valence-electron chi connectivity index (χ3n) is 5.78. The first-order chi connectivity index (χ1) is 16.3. The number of carbonyl (C=O) groups excluding carboxylic acids is 2. The molecule has 1 aliphatic rings. The van der Waals surface area contributed by atoms with E-state index in [9.17, 15) is 9.59 Å². The summed E-state index contributed by atoms with van der Waals surface area (Å²) in [6, 6.07) is 11.1. The van der Waals surface area contributed by atoms with Gasteiger partial charge in [0.05, 0.1) is 4.88 Å². The van der Waals surface area contributed by atoms with Crippen molar-refractivity contribution in [2.75, 3.05) is 38.0 Å². The fourth-order valence-corrected chi connectivity index (χ4v) is 4.37. The Balaban J connectivity index is 1.22. The van der Waals surface area contributed by atoms with Crippen LogP contribution in [0.25, 0.3) is 10.7 Å². The van der Waals surface area contributed by atoms with Crippen molar-refractivity contribution in [2.45, 2.75) is 33.6 Å². The first kappa shape index (κ1) is 24.1. The number of nitrogens with zero attached hydrogens (tertiary/aromatic N) is 4. The van der Waals surface area contributed by atoms with Gasteiger partial charge in [-0.2, -0.15) is 4.98 Å². The van der Waals surface area contributed by atoms with Gasteiger partial charge in [0.25, 0.3) is 5.91 Å². The monoisotopic (exact) mass is 481 g/mol. The minimum atomic E-state index is -0.494. The van der Waals surface area contributed by atoms with Crippen LogP contribution in [-0.4, -0.2) is 64.5 Å². The zero-order valence-corrected chi connectivity index (χ0v) is 20.7. The van der Waals surface area contributed by atoms with E-state index in [2.05, 4.69) is 20.4 Å². The maximum absolute atomic E-state index is 13.0. The number of amides is 2. The number of benzene rings is 1. The van der Waals surface area contributed by atoms with E-state index in [1.54, 1.807) is 23.5 Å². The Morgan fingerprint density at radius 3 is 2.62 bits per heavy atom. The van der Waals surface area contributed by atoms with E-state index in [4.69, 9.17) is 4.52 Å². The number of piperazine rings is 1. The Kier molecular flexibility index (Phi) is 7.43. The summed E-state index contributed by atoms with van der Waals surface area (Å²) < 4.78 is 5.38. The van der Waals surface area contributed by atoms with Crippen molar-refractivity contribution in [1.29, 1.82) is 0 Å².